The number of methoxy groups -OCH3 is 1. The first kappa shape index (κ1) is 20.8. The van der Waals surface area contributed by atoms with Gasteiger partial charge in [-0.05, 0) is 26.7 Å². The fourth-order valence-electron chi connectivity index (χ4n) is 3.25. The zero-order valence-corrected chi connectivity index (χ0v) is 16.4. The van der Waals surface area contributed by atoms with Gasteiger partial charge in [0.05, 0.1) is 6.61 Å². The largest absolute Gasteiger partial charge is 0.383 e. The van der Waals surface area contributed by atoms with Gasteiger partial charge in [-0.2, -0.15) is 4.72 Å². The van der Waals surface area contributed by atoms with Crippen LogP contribution in [-0.2, 0) is 19.6 Å². The van der Waals surface area contributed by atoms with E-state index in [1.165, 1.54) is 0 Å². The minimum absolute atomic E-state index is 0.0119. The summed E-state index contributed by atoms with van der Waals surface area (Å²) in [5.41, 5.74) is -0.840. The lowest BCUT2D eigenvalue weighted by Gasteiger charge is -2.28. The highest BCUT2D eigenvalue weighted by atomic mass is 32.2. The number of carbonyl (C=O) groups excluding carboxylic acids is 1. The zero-order valence-electron chi connectivity index (χ0n) is 15.6. The number of ether oxygens (including phenoxy) is 1. The molecule has 3 N–H and O–H groups in total. The van der Waals surface area contributed by atoms with Crippen LogP contribution < -0.4 is 15.4 Å². The third kappa shape index (κ3) is 4.81. The molecule has 1 saturated carbocycles. The molecular formula is C16H28N4O5S. The van der Waals surface area contributed by atoms with Gasteiger partial charge in [0, 0.05) is 26.7 Å². The number of amides is 1. The van der Waals surface area contributed by atoms with Crippen LogP contribution in [0.4, 0.5) is 0 Å². The van der Waals surface area contributed by atoms with Gasteiger partial charge in [-0.1, -0.05) is 18.0 Å². The van der Waals surface area contributed by atoms with E-state index < -0.39 is 15.6 Å². The number of aromatic nitrogens is 1. The molecule has 0 saturated heterocycles. The van der Waals surface area contributed by atoms with Crippen molar-refractivity contribution >= 4 is 15.9 Å². The predicted octanol–water partition coefficient (Wildman–Crippen LogP) is 0.235. The molecule has 9 nitrogen and oxygen atoms in total. The van der Waals surface area contributed by atoms with Crippen molar-refractivity contribution in [3.8, 4) is 0 Å². The molecule has 0 aromatic carbocycles. The number of nitrogens with zero attached hydrogens (tertiary/aromatic N) is 1. The molecule has 0 unspecified atom stereocenters. The Morgan fingerprint density at radius 1 is 1.23 bits per heavy atom. The van der Waals surface area contributed by atoms with Crippen molar-refractivity contribution in [1.82, 2.24) is 20.5 Å². The Bertz CT molecular complexity index is 691. The molecule has 0 spiro atoms. The van der Waals surface area contributed by atoms with Crippen molar-refractivity contribution in [3.05, 3.63) is 11.5 Å². The van der Waals surface area contributed by atoms with E-state index in [0.29, 0.717) is 39.1 Å². The number of hydrogen-bond donors (Lipinski definition) is 3. The number of carbonyl (C=O) groups is 1. The van der Waals surface area contributed by atoms with Gasteiger partial charge in [0.15, 0.2) is 5.76 Å². The highest BCUT2D eigenvalue weighted by molar-refractivity contribution is 7.89. The summed E-state index contributed by atoms with van der Waals surface area (Å²) in [6.45, 7) is 5.39. The SMILES string of the molecule is COCCNCCNC(=O)C1(NS(=O)(=O)c2c(C)noc2C)CCCC1. The van der Waals surface area contributed by atoms with E-state index in [0.717, 1.165) is 12.8 Å². The number of nitrogens with one attached hydrogen (secondary N) is 3. The van der Waals surface area contributed by atoms with Crippen LogP contribution in [0.5, 0.6) is 0 Å². The summed E-state index contributed by atoms with van der Waals surface area (Å²) < 4.78 is 38.2. The zero-order chi connectivity index (χ0) is 19.2. The molecule has 1 heterocycles. The number of aryl methyl sites for hydroxylation is 2. The van der Waals surface area contributed by atoms with Gasteiger partial charge in [0.1, 0.15) is 16.1 Å². The molecule has 1 aromatic heterocycles. The van der Waals surface area contributed by atoms with Crippen LogP contribution >= 0.6 is 0 Å². The Morgan fingerprint density at radius 2 is 1.92 bits per heavy atom. The maximum atomic E-state index is 12.8. The average molecular weight is 388 g/mol. The van der Waals surface area contributed by atoms with E-state index in [-0.39, 0.29) is 22.3 Å². The van der Waals surface area contributed by atoms with Gasteiger partial charge in [-0.25, -0.2) is 8.42 Å². The normalized spacial score (nSPS) is 16.7. The van der Waals surface area contributed by atoms with Crippen molar-refractivity contribution in [3.63, 3.8) is 0 Å². The fourth-order valence-corrected chi connectivity index (χ4v) is 5.01. The monoisotopic (exact) mass is 388 g/mol. The molecule has 1 amide bonds. The van der Waals surface area contributed by atoms with Gasteiger partial charge in [-0.3, -0.25) is 4.79 Å². The molecule has 2 rings (SSSR count). The second kappa shape index (κ2) is 8.94. The van der Waals surface area contributed by atoms with E-state index >= 15 is 0 Å². The first-order chi connectivity index (χ1) is 12.3. The molecule has 1 aliphatic carbocycles. The van der Waals surface area contributed by atoms with Gasteiger partial charge >= 0.3 is 0 Å². The number of hydrogen-bond acceptors (Lipinski definition) is 7. The molecule has 0 bridgehead atoms. The summed E-state index contributed by atoms with van der Waals surface area (Å²) in [5, 5.41) is 9.66. The van der Waals surface area contributed by atoms with Crippen LogP contribution in [0.3, 0.4) is 0 Å². The quantitative estimate of drug-likeness (QED) is 0.491. The van der Waals surface area contributed by atoms with Crippen molar-refractivity contribution in [2.45, 2.75) is 50.0 Å². The third-order valence-corrected chi connectivity index (χ3v) is 6.31. The number of rotatable bonds is 10. The maximum absolute atomic E-state index is 12.8. The lowest BCUT2D eigenvalue weighted by atomic mass is 9.98. The summed E-state index contributed by atoms with van der Waals surface area (Å²) in [4.78, 5) is 12.8. The molecule has 0 aliphatic heterocycles. The van der Waals surface area contributed by atoms with E-state index in [1.54, 1.807) is 21.0 Å². The fraction of sp³-hybridized carbons (Fsp3) is 0.750. The Kier molecular flexibility index (Phi) is 7.16. The van der Waals surface area contributed by atoms with E-state index in [4.69, 9.17) is 9.26 Å². The number of sulfonamides is 1. The van der Waals surface area contributed by atoms with E-state index in [9.17, 15) is 13.2 Å². The first-order valence-corrected chi connectivity index (χ1v) is 10.3. The van der Waals surface area contributed by atoms with Crippen molar-refractivity contribution in [1.29, 1.82) is 0 Å². The van der Waals surface area contributed by atoms with Crippen LogP contribution in [0.2, 0.25) is 0 Å². The standard InChI is InChI=1S/C16H28N4O5S/c1-12-14(13(2)25-19-12)26(22,23)20-16(6-4-5-7-16)15(21)18-9-8-17-10-11-24-3/h17,20H,4-11H2,1-3H3,(H,18,21). The molecular weight excluding hydrogens is 360 g/mol. The van der Waals surface area contributed by atoms with Gasteiger partial charge in [0.25, 0.3) is 0 Å². The molecule has 0 atom stereocenters. The van der Waals surface area contributed by atoms with Gasteiger partial charge in [-0.15, -0.1) is 0 Å². The molecule has 26 heavy (non-hydrogen) atoms. The Balaban J connectivity index is 2.04. The highest BCUT2D eigenvalue weighted by Crippen LogP contribution is 2.32. The van der Waals surface area contributed by atoms with Gasteiger partial charge in [0.2, 0.25) is 15.9 Å². The lowest BCUT2D eigenvalue weighted by molar-refractivity contribution is -0.126. The molecule has 0 radical (unpaired) electrons. The minimum Gasteiger partial charge on any atom is -0.383 e. The maximum Gasteiger partial charge on any atom is 0.246 e. The third-order valence-electron chi connectivity index (χ3n) is 4.53. The molecule has 148 valence electrons. The Hall–Kier alpha value is -1.49. The molecule has 1 aliphatic rings. The molecule has 1 aromatic rings. The van der Waals surface area contributed by atoms with E-state index in [2.05, 4.69) is 20.5 Å². The molecule has 10 heteroatoms. The lowest BCUT2D eigenvalue weighted by Crippen LogP contribution is -2.57. The average Bonchev–Trinajstić information content (AvgIpc) is 3.17. The predicted molar refractivity (Wildman–Crippen MR) is 95.3 cm³/mol. The molecule has 1 fully saturated rings. The second-order valence-electron chi connectivity index (χ2n) is 6.55. The van der Waals surface area contributed by atoms with Crippen molar-refractivity contribution in [2.75, 3.05) is 33.4 Å². The second-order valence-corrected chi connectivity index (χ2v) is 8.17. The smallest absolute Gasteiger partial charge is 0.246 e. The summed E-state index contributed by atoms with van der Waals surface area (Å²) in [6, 6.07) is 0. The Labute approximate surface area is 154 Å². The van der Waals surface area contributed by atoms with Crippen LogP contribution in [0, 0.1) is 13.8 Å². The van der Waals surface area contributed by atoms with Crippen molar-refractivity contribution in [2.24, 2.45) is 0 Å². The Morgan fingerprint density at radius 3 is 2.50 bits per heavy atom. The van der Waals surface area contributed by atoms with Gasteiger partial charge < -0.3 is 19.9 Å². The van der Waals surface area contributed by atoms with Crippen LogP contribution in [0.1, 0.15) is 37.1 Å². The summed E-state index contributed by atoms with van der Waals surface area (Å²) in [7, 11) is -2.28. The first-order valence-electron chi connectivity index (χ1n) is 8.77. The van der Waals surface area contributed by atoms with Crippen LogP contribution in [0.25, 0.3) is 0 Å². The van der Waals surface area contributed by atoms with E-state index in [1.807, 2.05) is 0 Å². The summed E-state index contributed by atoms with van der Waals surface area (Å²) >= 11 is 0. The summed E-state index contributed by atoms with van der Waals surface area (Å²) in [6.07, 6.45) is 2.53. The van der Waals surface area contributed by atoms with Crippen LogP contribution in [0.15, 0.2) is 9.42 Å². The summed E-state index contributed by atoms with van der Waals surface area (Å²) in [5.74, 6) is -0.0789. The highest BCUT2D eigenvalue weighted by Gasteiger charge is 2.45. The topological polar surface area (TPSA) is 123 Å². The minimum atomic E-state index is -3.91. The van der Waals surface area contributed by atoms with Crippen LogP contribution in [-0.4, -0.2) is 58.4 Å². The van der Waals surface area contributed by atoms with Crippen molar-refractivity contribution < 1.29 is 22.5 Å².